The first-order valence-electron chi connectivity index (χ1n) is 8.14. The van der Waals surface area contributed by atoms with Gasteiger partial charge in [0, 0.05) is 19.0 Å². The molecule has 0 saturated carbocycles. The summed E-state index contributed by atoms with van der Waals surface area (Å²) in [4.78, 5) is 12.0. The predicted octanol–water partition coefficient (Wildman–Crippen LogP) is 2.94. The fraction of sp³-hybridized carbons (Fsp3) is 0.611. The molecule has 2 rings (SSSR count). The molecule has 1 amide bonds. The molecule has 1 aromatic rings. The number of aryl methyl sites for hydroxylation is 1. The molecule has 0 bridgehead atoms. The molecule has 5 heteroatoms. The fourth-order valence-corrected chi connectivity index (χ4v) is 2.97. The number of carbonyl (C=O) groups is 1. The number of carbonyl (C=O) groups excluding carboxylic acids is 1. The number of ether oxygens (including phenoxy) is 1. The SMILES string of the molecule is COc1ccc(CCC(=O)NCC2NCCCC2(C)C)cc1.Cl. The number of benzene rings is 1. The third-order valence-corrected chi connectivity index (χ3v) is 4.64. The van der Waals surface area contributed by atoms with Crippen molar-refractivity contribution in [3.63, 3.8) is 0 Å². The van der Waals surface area contributed by atoms with Crippen LogP contribution >= 0.6 is 12.4 Å². The lowest BCUT2D eigenvalue weighted by Crippen LogP contribution is -2.52. The van der Waals surface area contributed by atoms with Gasteiger partial charge >= 0.3 is 0 Å². The fourth-order valence-electron chi connectivity index (χ4n) is 2.97. The number of hydrogen-bond acceptors (Lipinski definition) is 3. The molecule has 1 fully saturated rings. The Bertz CT molecular complexity index is 488. The average molecular weight is 341 g/mol. The van der Waals surface area contributed by atoms with Crippen LogP contribution in [0.4, 0.5) is 0 Å². The minimum atomic E-state index is 0. The molecule has 0 aromatic heterocycles. The second-order valence-corrected chi connectivity index (χ2v) is 6.75. The number of rotatable bonds is 6. The Labute approximate surface area is 145 Å². The van der Waals surface area contributed by atoms with Crippen LogP contribution in [0.5, 0.6) is 5.75 Å². The van der Waals surface area contributed by atoms with Crippen LogP contribution in [0.3, 0.4) is 0 Å². The van der Waals surface area contributed by atoms with Crippen LogP contribution in [0.15, 0.2) is 24.3 Å². The monoisotopic (exact) mass is 340 g/mol. The van der Waals surface area contributed by atoms with E-state index in [0.717, 1.165) is 24.3 Å². The van der Waals surface area contributed by atoms with Crippen LogP contribution in [-0.2, 0) is 11.2 Å². The molecule has 23 heavy (non-hydrogen) atoms. The molecule has 1 unspecified atom stereocenters. The Morgan fingerprint density at radius 3 is 2.65 bits per heavy atom. The van der Waals surface area contributed by atoms with E-state index in [1.807, 2.05) is 24.3 Å². The molecule has 1 atom stereocenters. The van der Waals surface area contributed by atoms with Gasteiger partial charge in [-0.2, -0.15) is 0 Å². The van der Waals surface area contributed by atoms with Crippen molar-refractivity contribution in [2.45, 2.75) is 45.6 Å². The zero-order valence-corrected chi connectivity index (χ0v) is 15.2. The summed E-state index contributed by atoms with van der Waals surface area (Å²) in [6.45, 7) is 6.31. The normalized spacial score (nSPS) is 19.5. The van der Waals surface area contributed by atoms with Crippen molar-refractivity contribution in [3.8, 4) is 5.75 Å². The van der Waals surface area contributed by atoms with E-state index in [0.29, 0.717) is 19.0 Å². The highest BCUT2D eigenvalue weighted by Crippen LogP contribution is 2.29. The molecule has 0 radical (unpaired) electrons. The van der Waals surface area contributed by atoms with Crippen molar-refractivity contribution < 1.29 is 9.53 Å². The number of amides is 1. The van der Waals surface area contributed by atoms with Crippen molar-refractivity contribution in [2.75, 3.05) is 20.2 Å². The van der Waals surface area contributed by atoms with Gasteiger partial charge in [-0.1, -0.05) is 26.0 Å². The summed E-state index contributed by atoms with van der Waals surface area (Å²) in [5, 5.41) is 6.60. The number of piperidine rings is 1. The smallest absolute Gasteiger partial charge is 0.220 e. The molecular formula is C18H29ClN2O2. The van der Waals surface area contributed by atoms with Crippen LogP contribution < -0.4 is 15.4 Å². The van der Waals surface area contributed by atoms with Gasteiger partial charge < -0.3 is 15.4 Å². The summed E-state index contributed by atoms with van der Waals surface area (Å²) in [6, 6.07) is 8.25. The predicted molar refractivity (Wildman–Crippen MR) is 96.4 cm³/mol. The first-order chi connectivity index (χ1) is 10.5. The topological polar surface area (TPSA) is 50.4 Å². The van der Waals surface area contributed by atoms with Gasteiger partial charge in [-0.05, 0) is 48.9 Å². The van der Waals surface area contributed by atoms with E-state index in [1.54, 1.807) is 7.11 Å². The maximum atomic E-state index is 12.0. The van der Waals surface area contributed by atoms with E-state index in [2.05, 4.69) is 24.5 Å². The highest BCUT2D eigenvalue weighted by atomic mass is 35.5. The van der Waals surface area contributed by atoms with E-state index in [1.165, 1.54) is 12.8 Å². The zero-order valence-electron chi connectivity index (χ0n) is 14.4. The summed E-state index contributed by atoms with van der Waals surface area (Å²) < 4.78 is 5.13. The molecule has 1 aliphatic heterocycles. The van der Waals surface area contributed by atoms with Gasteiger partial charge in [0.25, 0.3) is 0 Å². The van der Waals surface area contributed by atoms with Crippen molar-refractivity contribution in [1.29, 1.82) is 0 Å². The summed E-state index contributed by atoms with van der Waals surface area (Å²) in [5.41, 5.74) is 1.41. The van der Waals surface area contributed by atoms with Crippen LogP contribution in [0.2, 0.25) is 0 Å². The average Bonchev–Trinajstić information content (AvgIpc) is 2.52. The summed E-state index contributed by atoms with van der Waals surface area (Å²) in [6.07, 6.45) is 3.72. The maximum absolute atomic E-state index is 12.0. The maximum Gasteiger partial charge on any atom is 0.220 e. The summed E-state index contributed by atoms with van der Waals surface area (Å²) >= 11 is 0. The number of nitrogens with one attached hydrogen (secondary N) is 2. The standard InChI is InChI=1S/C18H28N2O2.ClH/c1-18(2)11-4-12-19-16(18)13-20-17(21)10-7-14-5-8-15(22-3)9-6-14;/h5-6,8-9,16,19H,4,7,10-13H2,1-3H3,(H,20,21);1H. The lowest BCUT2D eigenvalue weighted by atomic mass is 9.77. The van der Waals surface area contributed by atoms with Crippen molar-refractivity contribution in [3.05, 3.63) is 29.8 Å². The van der Waals surface area contributed by atoms with E-state index < -0.39 is 0 Å². The van der Waals surface area contributed by atoms with Crippen LogP contribution in [0, 0.1) is 5.41 Å². The molecule has 130 valence electrons. The van der Waals surface area contributed by atoms with Gasteiger partial charge in [-0.25, -0.2) is 0 Å². The summed E-state index contributed by atoms with van der Waals surface area (Å²) in [7, 11) is 1.66. The van der Waals surface area contributed by atoms with Gasteiger partial charge in [0.1, 0.15) is 5.75 Å². The minimum Gasteiger partial charge on any atom is -0.497 e. The number of halogens is 1. The van der Waals surface area contributed by atoms with Gasteiger partial charge in [0.05, 0.1) is 7.11 Å². The Kier molecular flexibility index (Phi) is 7.86. The minimum absolute atomic E-state index is 0. The lowest BCUT2D eigenvalue weighted by Gasteiger charge is -2.39. The van der Waals surface area contributed by atoms with E-state index in [-0.39, 0.29) is 23.7 Å². The second kappa shape index (κ2) is 9.14. The van der Waals surface area contributed by atoms with E-state index >= 15 is 0 Å². The Morgan fingerprint density at radius 2 is 2.04 bits per heavy atom. The Hall–Kier alpha value is -1.26. The molecule has 0 spiro atoms. The van der Waals surface area contributed by atoms with E-state index in [4.69, 9.17) is 4.74 Å². The molecule has 0 aliphatic carbocycles. The largest absolute Gasteiger partial charge is 0.497 e. The van der Waals surface area contributed by atoms with Gasteiger partial charge in [0.2, 0.25) is 5.91 Å². The van der Waals surface area contributed by atoms with Crippen molar-refractivity contribution >= 4 is 18.3 Å². The third kappa shape index (κ3) is 6.04. The molecule has 1 aromatic carbocycles. The van der Waals surface area contributed by atoms with Crippen LogP contribution in [0.25, 0.3) is 0 Å². The Balaban J connectivity index is 0.00000264. The van der Waals surface area contributed by atoms with Gasteiger partial charge in [0.15, 0.2) is 0 Å². The first kappa shape index (κ1) is 19.8. The second-order valence-electron chi connectivity index (χ2n) is 6.75. The zero-order chi connectivity index (χ0) is 16.0. The molecular weight excluding hydrogens is 312 g/mol. The van der Waals surface area contributed by atoms with E-state index in [9.17, 15) is 4.79 Å². The molecule has 1 aliphatic rings. The van der Waals surface area contributed by atoms with Crippen LogP contribution in [-0.4, -0.2) is 32.1 Å². The first-order valence-corrected chi connectivity index (χ1v) is 8.14. The molecule has 1 saturated heterocycles. The van der Waals surface area contributed by atoms with Crippen molar-refractivity contribution in [1.82, 2.24) is 10.6 Å². The highest BCUT2D eigenvalue weighted by Gasteiger charge is 2.31. The third-order valence-electron chi connectivity index (χ3n) is 4.64. The number of hydrogen-bond donors (Lipinski definition) is 2. The quantitative estimate of drug-likeness (QED) is 0.837. The molecule has 2 N–H and O–H groups in total. The van der Waals surface area contributed by atoms with Gasteiger partial charge in [-0.15, -0.1) is 12.4 Å². The molecule has 1 heterocycles. The summed E-state index contributed by atoms with van der Waals surface area (Å²) in [5.74, 6) is 0.970. The molecule has 4 nitrogen and oxygen atoms in total. The highest BCUT2D eigenvalue weighted by molar-refractivity contribution is 5.85. The number of methoxy groups -OCH3 is 1. The lowest BCUT2D eigenvalue weighted by molar-refractivity contribution is -0.121. The van der Waals surface area contributed by atoms with Gasteiger partial charge in [-0.3, -0.25) is 4.79 Å². The van der Waals surface area contributed by atoms with Crippen LogP contribution in [0.1, 0.15) is 38.7 Å². The van der Waals surface area contributed by atoms with Crippen molar-refractivity contribution in [2.24, 2.45) is 5.41 Å². The Morgan fingerprint density at radius 1 is 1.35 bits per heavy atom.